The van der Waals surface area contributed by atoms with Crippen molar-refractivity contribution in [3.8, 4) is 0 Å². The van der Waals surface area contributed by atoms with E-state index < -0.39 is 0 Å². The normalized spacial score (nSPS) is 10.2. The van der Waals surface area contributed by atoms with Crippen molar-refractivity contribution in [1.82, 2.24) is 15.0 Å². The van der Waals surface area contributed by atoms with Gasteiger partial charge in [-0.15, -0.1) is 0 Å². The van der Waals surface area contributed by atoms with E-state index in [0.717, 1.165) is 28.8 Å². The van der Waals surface area contributed by atoms with E-state index in [1.165, 1.54) is 0 Å². The van der Waals surface area contributed by atoms with Crippen LogP contribution in [0.1, 0.15) is 18.9 Å². The van der Waals surface area contributed by atoms with E-state index in [0.29, 0.717) is 12.5 Å². The van der Waals surface area contributed by atoms with Crippen LogP contribution in [-0.2, 0) is 6.54 Å². The lowest BCUT2D eigenvalue weighted by molar-refractivity contribution is 0.948. The average molecular weight is 322 g/mol. The lowest BCUT2D eigenvalue weighted by Crippen LogP contribution is -2.08. The first-order valence-electron chi connectivity index (χ1n) is 6.18. The third kappa shape index (κ3) is 4.17. The van der Waals surface area contributed by atoms with Crippen LogP contribution in [0.25, 0.3) is 0 Å². The molecule has 2 heterocycles. The van der Waals surface area contributed by atoms with Gasteiger partial charge < -0.3 is 10.6 Å². The molecule has 0 aliphatic rings. The zero-order chi connectivity index (χ0) is 13.5. The number of anilines is 2. The molecule has 0 saturated heterocycles. The molecule has 0 spiro atoms. The predicted molar refractivity (Wildman–Crippen MR) is 80.1 cm³/mol. The monoisotopic (exact) mass is 321 g/mol. The maximum Gasteiger partial charge on any atom is 0.224 e. The minimum atomic E-state index is 0.638. The number of nitrogens with zero attached hydrogens (tertiary/aromatic N) is 3. The molecule has 0 fully saturated rings. The van der Waals surface area contributed by atoms with Crippen LogP contribution >= 0.6 is 15.9 Å². The van der Waals surface area contributed by atoms with E-state index in [2.05, 4.69) is 48.4 Å². The van der Waals surface area contributed by atoms with Crippen LogP contribution in [0.2, 0.25) is 0 Å². The Morgan fingerprint density at radius 2 is 2.16 bits per heavy atom. The number of nitrogens with one attached hydrogen (secondary N) is 2. The van der Waals surface area contributed by atoms with Gasteiger partial charge in [0.15, 0.2) is 0 Å². The van der Waals surface area contributed by atoms with Crippen molar-refractivity contribution >= 4 is 27.7 Å². The second kappa shape index (κ2) is 7.04. The number of hydrogen-bond donors (Lipinski definition) is 2. The average Bonchev–Trinajstić information content (AvgIpc) is 2.46. The molecule has 0 radical (unpaired) electrons. The highest BCUT2D eigenvalue weighted by molar-refractivity contribution is 9.10. The highest BCUT2D eigenvalue weighted by Crippen LogP contribution is 2.20. The Hall–Kier alpha value is -1.69. The summed E-state index contributed by atoms with van der Waals surface area (Å²) in [4.78, 5) is 12.7. The number of pyridine rings is 1. The summed E-state index contributed by atoms with van der Waals surface area (Å²) in [6.07, 6.45) is 6.38. The zero-order valence-electron chi connectivity index (χ0n) is 10.7. The molecule has 2 rings (SSSR count). The second-order valence-electron chi connectivity index (χ2n) is 4.03. The number of aromatic nitrogens is 3. The van der Waals surface area contributed by atoms with Crippen LogP contribution in [0, 0.1) is 0 Å². The molecule has 0 atom stereocenters. The minimum absolute atomic E-state index is 0.638. The summed E-state index contributed by atoms with van der Waals surface area (Å²) in [5.41, 5.74) is 1.11. The van der Waals surface area contributed by atoms with Gasteiger partial charge in [0.2, 0.25) is 5.95 Å². The zero-order valence-corrected chi connectivity index (χ0v) is 12.3. The molecule has 0 amide bonds. The molecular weight excluding hydrogens is 306 g/mol. The number of halogens is 1. The van der Waals surface area contributed by atoms with Gasteiger partial charge in [0.05, 0.1) is 4.47 Å². The van der Waals surface area contributed by atoms with Gasteiger partial charge in [0.25, 0.3) is 0 Å². The number of hydrogen-bond acceptors (Lipinski definition) is 5. The molecular formula is C13H16BrN5. The van der Waals surface area contributed by atoms with E-state index in [1.807, 2.05) is 18.3 Å². The summed E-state index contributed by atoms with van der Waals surface area (Å²) >= 11 is 3.44. The smallest absolute Gasteiger partial charge is 0.224 e. The van der Waals surface area contributed by atoms with Crippen molar-refractivity contribution < 1.29 is 0 Å². The molecule has 0 aliphatic carbocycles. The van der Waals surface area contributed by atoms with Crippen molar-refractivity contribution in [3.63, 3.8) is 0 Å². The minimum Gasteiger partial charge on any atom is -0.365 e. The van der Waals surface area contributed by atoms with Crippen molar-refractivity contribution in [3.05, 3.63) is 40.8 Å². The van der Waals surface area contributed by atoms with Gasteiger partial charge in [-0.05, 0) is 34.0 Å². The van der Waals surface area contributed by atoms with Gasteiger partial charge >= 0.3 is 0 Å². The van der Waals surface area contributed by atoms with Crippen molar-refractivity contribution in [2.45, 2.75) is 19.9 Å². The van der Waals surface area contributed by atoms with Crippen LogP contribution < -0.4 is 10.6 Å². The molecule has 0 aromatic carbocycles. The fourth-order valence-corrected chi connectivity index (χ4v) is 1.83. The standard InChI is InChI=1S/C13H16BrN5/c1-2-5-16-13-18-9-11(14)12(19-13)17-8-10-4-3-6-15-7-10/h3-4,6-7,9H,2,5,8H2,1H3,(H2,16,17,18,19). The molecule has 6 heteroatoms. The lowest BCUT2D eigenvalue weighted by atomic mass is 10.3. The SMILES string of the molecule is CCCNc1ncc(Br)c(NCc2cccnc2)n1. The highest BCUT2D eigenvalue weighted by Gasteiger charge is 2.04. The van der Waals surface area contributed by atoms with E-state index >= 15 is 0 Å². The van der Waals surface area contributed by atoms with Crippen molar-refractivity contribution in [2.24, 2.45) is 0 Å². The molecule has 2 N–H and O–H groups in total. The van der Waals surface area contributed by atoms with Gasteiger partial charge in [0.1, 0.15) is 5.82 Å². The Balaban J connectivity index is 2.02. The lowest BCUT2D eigenvalue weighted by Gasteiger charge is -2.09. The Bertz CT molecular complexity index is 518. The van der Waals surface area contributed by atoms with E-state index in [9.17, 15) is 0 Å². The number of rotatable bonds is 6. The molecule has 0 aliphatic heterocycles. The summed E-state index contributed by atoms with van der Waals surface area (Å²) in [6, 6.07) is 3.94. The van der Waals surface area contributed by atoms with E-state index in [1.54, 1.807) is 12.4 Å². The molecule has 100 valence electrons. The van der Waals surface area contributed by atoms with Crippen molar-refractivity contribution in [2.75, 3.05) is 17.2 Å². The summed E-state index contributed by atoms with van der Waals surface area (Å²) in [6.45, 7) is 3.65. The molecule has 19 heavy (non-hydrogen) atoms. The second-order valence-corrected chi connectivity index (χ2v) is 4.89. The van der Waals surface area contributed by atoms with E-state index in [4.69, 9.17) is 0 Å². The fourth-order valence-electron chi connectivity index (χ4n) is 1.50. The third-order valence-corrected chi connectivity index (χ3v) is 3.04. The molecule has 0 unspecified atom stereocenters. The summed E-state index contributed by atoms with van der Waals surface area (Å²) < 4.78 is 0.846. The quantitative estimate of drug-likeness (QED) is 0.856. The van der Waals surface area contributed by atoms with Crippen LogP contribution in [0.4, 0.5) is 11.8 Å². The topological polar surface area (TPSA) is 62.7 Å². The first kappa shape index (κ1) is 13.7. The predicted octanol–water partition coefficient (Wildman–Crippen LogP) is 3.07. The Kier molecular flexibility index (Phi) is 5.09. The van der Waals surface area contributed by atoms with Gasteiger partial charge in [-0.1, -0.05) is 13.0 Å². The van der Waals surface area contributed by atoms with Gasteiger partial charge in [-0.2, -0.15) is 4.98 Å². The Morgan fingerprint density at radius 3 is 2.89 bits per heavy atom. The van der Waals surface area contributed by atoms with Crippen LogP contribution in [0.5, 0.6) is 0 Å². The molecule has 2 aromatic rings. The highest BCUT2D eigenvalue weighted by atomic mass is 79.9. The van der Waals surface area contributed by atoms with Crippen molar-refractivity contribution in [1.29, 1.82) is 0 Å². The first-order valence-corrected chi connectivity index (χ1v) is 6.98. The van der Waals surface area contributed by atoms with Gasteiger partial charge in [-0.3, -0.25) is 4.98 Å². The Labute approximate surface area is 121 Å². The van der Waals surface area contributed by atoms with Gasteiger partial charge in [-0.25, -0.2) is 4.98 Å². The largest absolute Gasteiger partial charge is 0.365 e. The molecule has 2 aromatic heterocycles. The summed E-state index contributed by atoms with van der Waals surface area (Å²) in [7, 11) is 0. The van der Waals surface area contributed by atoms with Crippen LogP contribution in [-0.4, -0.2) is 21.5 Å². The molecule has 0 bridgehead atoms. The third-order valence-electron chi connectivity index (χ3n) is 2.46. The molecule has 0 saturated carbocycles. The van der Waals surface area contributed by atoms with Crippen LogP contribution in [0.15, 0.2) is 35.2 Å². The maximum absolute atomic E-state index is 4.42. The van der Waals surface area contributed by atoms with Crippen LogP contribution in [0.3, 0.4) is 0 Å². The van der Waals surface area contributed by atoms with E-state index in [-0.39, 0.29) is 0 Å². The molecule has 5 nitrogen and oxygen atoms in total. The first-order chi connectivity index (χ1) is 9.29. The summed E-state index contributed by atoms with van der Waals surface area (Å²) in [5.74, 6) is 1.41. The van der Waals surface area contributed by atoms with Gasteiger partial charge in [0, 0.05) is 31.7 Å². The Morgan fingerprint density at radius 1 is 1.26 bits per heavy atom. The summed E-state index contributed by atoms with van der Waals surface area (Å²) in [5, 5.41) is 6.43. The maximum atomic E-state index is 4.42. The fraction of sp³-hybridized carbons (Fsp3) is 0.308.